The first-order valence-electron chi connectivity index (χ1n) is 8.65. The Morgan fingerprint density at radius 2 is 2.11 bits per heavy atom. The summed E-state index contributed by atoms with van der Waals surface area (Å²) in [5.41, 5.74) is 5.29. The molecule has 1 aliphatic rings. The van der Waals surface area contributed by atoms with Crippen LogP contribution in [0.1, 0.15) is 18.9 Å². The smallest absolute Gasteiger partial charge is 0.167 e. The van der Waals surface area contributed by atoms with E-state index in [-0.39, 0.29) is 0 Å². The molecule has 0 atom stereocenters. The van der Waals surface area contributed by atoms with Gasteiger partial charge in [-0.15, -0.1) is 0 Å². The highest BCUT2D eigenvalue weighted by Gasteiger charge is 2.23. The first kappa shape index (κ1) is 18.1. The highest BCUT2D eigenvalue weighted by Crippen LogP contribution is 2.35. The van der Waals surface area contributed by atoms with Crippen molar-refractivity contribution in [1.29, 1.82) is 0 Å². The minimum absolute atomic E-state index is 0.292. The van der Waals surface area contributed by atoms with Crippen LogP contribution in [0.4, 0.5) is 10.2 Å². The van der Waals surface area contributed by atoms with Crippen LogP contribution in [0.2, 0.25) is 10.0 Å². The number of pyridine rings is 1. The molecule has 3 nitrogen and oxygen atoms in total. The average Bonchev–Trinajstić information content (AvgIpc) is 3.13. The Labute approximate surface area is 167 Å². The summed E-state index contributed by atoms with van der Waals surface area (Å²) in [6.45, 7) is 7.53. The quantitative estimate of drug-likeness (QED) is 0.550. The number of anilines is 1. The minimum Gasteiger partial charge on any atom is -0.360 e. The molecule has 3 heterocycles. The van der Waals surface area contributed by atoms with Crippen molar-refractivity contribution in [3.63, 3.8) is 0 Å². The maximum absolute atomic E-state index is 14.3. The van der Waals surface area contributed by atoms with E-state index < -0.39 is 5.82 Å². The summed E-state index contributed by atoms with van der Waals surface area (Å²) < 4.78 is 14.3. The van der Waals surface area contributed by atoms with Crippen molar-refractivity contribution in [3.05, 3.63) is 75.8 Å². The van der Waals surface area contributed by atoms with Gasteiger partial charge in [-0.1, -0.05) is 35.8 Å². The van der Waals surface area contributed by atoms with Gasteiger partial charge in [0.15, 0.2) is 11.6 Å². The maximum Gasteiger partial charge on any atom is 0.167 e. The number of hydrogen-bond acceptors (Lipinski definition) is 2. The fourth-order valence-electron chi connectivity index (χ4n) is 3.62. The lowest BCUT2D eigenvalue weighted by Gasteiger charge is -2.32. The summed E-state index contributed by atoms with van der Waals surface area (Å²) in [5.74, 6) is -0.0911. The monoisotopic (exact) mass is 401 g/mol. The Hall–Kier alpha value is -2.30. The number of hydrogen-bond donors (Lipinski definition) is 1. The second-order valence-corrected chi connectivity index (χ2v) is 7.54. The van der Waals surface area contributed by atoms with Gasteiger partial charge >= 0.3 is 0 Å². The molecular formula is C21H18Cl2FN3. The highest BCUT2D eigenvalue weighted by molar-refractivity contribution is 6.35. The number of halogens is 3. The van der Waals surface area contributed by atoms with E-state index in [1.165, 1.54) is 12.3 Å². The van der Waals surface area contributed by atoms with Crippen molar-refractivity contribution in [3.8, 4) is 0 Å². The number of rotatable bonds is 2. The number of benzene rings is 1. The van der Waals surface area contributed by atoms with Crippen LogP contribution in [0.15, 0.2) is 54.4 Å². The summed E-state index contributed by atoms with van der Waals surface area (Å²) in [6.07, 6.45) is 4.11. The van der Waals surface area contributed by atoms with Gasteiger partial charge in [0.1, 0.15) is 0 Å². The minimum atomic E-state index is -0.411. The van der Waals surface area contributed by atoms with E-state index >= 15 is 0 Å². The Kier molecular flexibility index (Phi) is 4.70. The van der Waals surface area contributed by atoms with Crippen LogP contribution in [-0.4, -0.2) is 23.1 Å². The molecule has 1 N–H and O–H groups in total. The SMILES string of the molecule is C=C1CCN(c2ncc(Cl)cc2F)C/C1=C(/C)c1ccc(Cl)c2[nH]ccc12. The molecule has 1 saturated heterocycles. The maximum atomic E-state index is 14.3. The molecule has 0 bridgehead atoms. The van der Waals surface area contributed by atoms with Crippen LogP contribution >= 0.6 is 23.2 Å². The number of nitrogens with zero attached hydrogens (tertiary/aromatic N) is 2. The van der Waals surface area contributed by atoms with Gasteiger partial charge in [0.2, 0.25) is 0 Å². The first-order valence-corrected chi connectivity index (χ1v) is 9.41. The lowest BCUT2D eigenvalue weighted by atomic mass is 9.90. The summed E-state index contributed by atoms with van der Waals surface area (Å²) in [6, 6.07) is 7.23. The number of aromatic amines is 1. The second-order valence-electron chi connectivity index (χ2n) is 6.70. The third kappa shape index (κ3) is 3.24. The Balaban J connectivity index is 1.77. The topological polar surface area (TPSA) is 31.9 Å². The summed E-state index contributed by atoms with van der Waals surface area (Å²) in [5, 5.41) is 2.04. The van der Waals surface area contributed by atoms with Gasteiger partial charge in [0.05, 0.1) is 15.6 Å². The fourth-order valence-corrected chi connectivity index (χ4v) is 3.98. The van der Waals surface area contributed by atoms with Gasteiger partial charge in [-0.25, -0.2) is 9.37 Å². The zero-order valence-corrected chi connectivity index (χ0v) is 16.3. The van der Waals surface area contributed by atoms with Crippen LogP contribution in [-0.2, 0) is 0 Å². The van der Waals surface area contributed by atoms with Crippen LogP contribution in [0, 0.1) is 5.82 Å². The molecule has 27 heavy (non-hydrogen) atoms. The van der Waals surface area contributed by atoms with Crippen LogP contribution in [0.3, 0.4) is 0 Å². The molecule has 0 saturated carbocycles. The van der Waals surface area contributed by atoms with Crippen molar-refractivity contribution in [2.45, 2.75) is 13.3 Å². The summed E-state index contributed by atoms with van der Waals surface area (Å²) >= 11 is 12.1. The highest BCUT2D eigenvalue weighted by atomic mass is 35.5. The Bertz CT molecular complexity index is 1080. The summed E-state index contributed by atoms with van der Waals surface area (Å²) in [7, 11) is 0. The van der Waals surface area contributed by atoms with Crippen molar-refractivity contribution in [2.75, 3.05) is 18.0 Å². The molecule has 1 aliphatic heterocycles. The van der Waals surface area contributed by atoms with E-state index in [0.29, 0.717) is 29.0 Å². The molecular weight excluding hydrogens is 384 g/mol. The molecule has 0 amide bonds. The number of fused-ring (bicyclic) bond motifs is 1. The van der Waals surface area contributed by atoms with Gasteiger partial charge in [0, 0.05) is 30.9 Å². The fraction of sp³-hybridized carbons (Fsp3) is 0.190. The van der Waals surface area contributed by atoms with E-state index in [2.05, 4.69) is 23.5 Å². The zero-order chi connectivity index (χ0) is 19.1. The largest absolute Gasteiger partial charge is 0.360 e. The van der Waals surface area contributed by atoms with Gasteiger partial charge in [0.25, 0.3) is 0 Å². The molecule has 2 aromatic heterocycles. The van der Waals surface area contributed by atoms with E-state index in [9.17, 15) is 4.39 Å². The van der Waals surface area contributed by atoms with Crippen molar-refractivity contribution >= 4 is 45.5 Å². The van der Waals surface area contributed by atoms with Crippen LogP contribution < -0.4 is 4.90 Å². The Morgan fingerprint density at radius 1 is 1.30 bits per heavy atom. The van der Waals surface area contributed by atoms with E-state index in [1.807, 2.05) is 29.3 Å². The summed E-state index contributed by atoms with van der Waals surface area (Å²) in [4.78, 5) is 9.31. The predicted molar refractivity (Wildman–Crippen MR) is 111 cm³/mol. The first-order chi connectivity index (χ1) is 13.0. The lowest BCUT2D eigenvalue weighted by Crippen LogP contribution is -2.33. The Morgan fingerprint density at radius 3 is 2.89 bits per heavy atom. The molecule has 0 aliphatic carbocycles. The van der Waals surface area contributed by atoms with Crippen molar-refractivity contribution in [1.82, 2.24) is 9.97 Å². The van der Waals surface area contributed by atoms with Crippen molar-refractivity contribution < 1.29 is 4.39 Å². The van der Waals surface area contributed by atoms with Crippen molar-refractivity contribution in [2.24, 2.45) is 0 Å². The molecule has 0 radical (unpaired) electrons. The van der Waals surface area contributed by atoms with Crippen LogP contribution in [0.5, 0.6) is 0 Å². The van der Waals surface area contributed by atoms with Crippen LogP contribution in [0.25, 0.3) is 16.5 Å². The van der Waals surface area contributed by atoms with E-state index in [0.717, 1.165) is 39.6 Å². The normalized spacial score (nSPS) is 16.9. The average molecular weight is 402 g/mol. The van der Waals surface area contributed by atoms with Gasteiger partial charge < -0.3 is 9.88 Å². The third-order valence-electron chi connectivity index (χ3n) is 5.08. The van der Waals surface area contributed by atoms with Gasteiger partial charge in [-0.3, -0.25) is 0 Å². The predicted octanol–water partition coefficient (Wildman–Crippen LogP) is 6.25. The molecule has 0 unspecified atom stereocenters. The third-order valence-corrected chi connectivity index (χ3v) is 5.60. The lowest BCUT2D eigenvalue weighted by molar-refractivity contribution is 0.607. The van der Waals surface area contributed by atoms with E-state index in [1.54, 1.807) is 0 Å². The molecule has 4 rings (SSSR count). The number of H-pyrrole nitrogens is 1. The molecule has 0 spiro atoms. The number of aromatic nitrogens is 2. The zero-order valence-electron chi connectivity index (χ0n) is 14.8. The molecule has 3 aromatic rings. The second kappa shape index (κ2) is 7.02. The number of nitrogens with one attached hydrogen (secondary N) is 1. The number of allylic oxidation sites excluding steroid dienone is 1. The molecule has 1 fully saturated rings. The molecule has 1 aromatic carbocycles. The van der Waals surface area contributed by atoms with Gasteiger partial charge in [-0.2, -0.15) is 0 Å². The molecule has 138 valence electrons. The van der Waals surface area contributed by atoms with Gasteiger partial charge in [-0.05, 0) is 53.8 Å². The molecule has 6 heteroatoms. The van der Waals surface area contributed by atoms with E-state index in [4.69, 9.17) is 23.2 Å². The number of piperidine rings is 1. The standard InChI is InChI=1S/C21H18Cl2FN3/c1-12-6-8-27(21-19(24)9-14(22)10-26-21)11-17(12)13(2)15-3-4-18(23)20-16(15)5-7-25-20/h3-5,7,9-10,25H,1,6,8,11H2,2H3/b17-13+.